The highest BCUT2D eigenvalue weighted by Crippen LogP contribution is 2.13. The zero-order chi connectivity index (χ0) is 10.6. The van der Waals surface area contributed by atoms with E-state index in [1.165, 1.54) is 13.0 Å². The van der Waals surface area contributed by atoms with Crippen LogP contribution in [0.25, 0.3) is 0 Å². The van der Waals surface area contributed by atoms with Gasteiger partial charge in [0.25, 0.3) is 0 Å². The second-order valence-electron chi connectivity index (χ2n) is 4.59. The van der Waals surface area contributed by atoms with Crippen molar-refractivity contribution in [3.63, 3.8) is 0 Å². The topological polar surface area (TPSA) is 26.7 Å². The summed E-state index contributed by atoms with van der Waals surface area (Å²) in [5.41, 5.74) is 0. The summed E-state index contributed by atoms with van der Waals surface area (Å²) in [5, 5.41) is 9.01. The average molecular weight is 200 g/mol. The molecule has 0 saturated carbocycles. The van der Waals surface area contributed by atoms with Gasteiger partial charge < -0.3 is 10.0 Å². The minimum absolute atomic E-state index is 0.306. The van der Waals surface area contributed by atoms with Crippen LogP contribution in [0.5, 0.6) is 0 Å². The number of likely N-dealkylation sites (N-methyl/N-ethyl adjacent to an activating group) is 1. The highest BCUT2D eigenvalue weighted by Gasteiger charge is 2.22. The average Bonchev–Trinajstić information content (AvgIpc) is 2.30. The summed E-state index contributed by atoms with van der Waals surface area (Å²) in [6.07, 6.45) is 2.15. The third kappa shape index (κ3) is 3.23. The molecule has 84 valence electrons. The van der Waals surface area contributed by atoms with Crippen molar-refractivity contribution in [1.82, 2.24) is 9.80 Å². The Morgan fingerprint density at radius 2 is 2.07 bits per heavy atom. The van der Waals surface area contributed by atoms with Crippen LogP contribution in [0, 0.1) is 0 Å². The third-order valence-electron chi connectivity index (χ3n) is 3.22. The minimum atomic E-state index is 0.306. The van der Waals surface area contributed by atoms with Crippen LogP contribution >= 0.6 is 0 Å². The van der Waals surface area contributed by atoms with Gasteiger partial charge in [0.1, 0.15) is 0 Å². The Kier molecular flexibility index (Phi) is 4.85. The van der Waals surface area contributed by atoms with Gasteiger partial charge in [-0.2, -0.15) is 0 Å². The van der Waals surface area contributed by atoms with E-state index in [9.17, 15) is 0 Å². The molecule has 1 N–H and O–H groups in total. The molecular weight excluding hydrogens is 176 g/mol. The molecule has 1 heterocycles. The van der Waals surface area contributed by atoms with Crippen LogP contribution in [0.1, 0.15) is 26.7 Å². The van der Waals surface area contributed by atoms with E-state index in [1.807, 2.05) is 0 Å². The molecule has 0 radical (unpaired) electrons. The van der Waals surface area contributed by atoms with E-state index < -0.39 is 0 Å². The molecule has 14 heavy (non-hydrogen) atoms. The molecule has 1 rings (SSSR count). The molecule has 3 nitrogen and oxygen atoms in total. The Morgan fingerprint density at radius 3 is 2.64 bits per heavy atom. The molecule has 0 aliphatic carbocycles. The Bertz CT molecular complexity index is 161. The van der Waals surface area contributed by atoms with Crippen molar-refractivity contribution in [3.05, 3.63) is 0 Å². The van der Waals surface area contributed by atoms with Crippen LogP contribution in [0.3, 0.4) is 0 Å². The van der Waals surface area contributed by atoms with Crippen molar-refractivity contribution in [2.45, 2.75) is 38.8 Å². The van der Waals surface area contributed by atoms with Gasteiger partial charge in [0.15, 0.2) is 0 Å². The monoisotopic (exact) mass is 200 g/mol. The van der Waals surface area contributed by atoms with E-state index in [0.717, 1.165) is 19.5 Å². The molecule has 0 aromatic heterocycles. The maximum absolute atomic E-state index is 9.01. The van der Waals surface area contributed by atoms with Crippen molar-refractivity contribution >= 4 is 0 Å². The van der Waals surface area contributed by atoms with Crippen molar-refractivity contribution in [2.24, 2.45) is 0 Å². The molecule has 3 heteroatoms. The largest absolute Gasteiger partial charge is 0.396 e. The quantitative estimate of drug-likeness (QED) is 0.729. The summed E-state index contributed by atoms with van der Waals surface area (Å²) < 4.78 is 0. The van der Waals surface area contributed by atoms with Gasteiger partial charge in [0.05, 0.1) is 0 Å². The first kappa shape index (κ1) is 12.0. The molecule has 0 bridgehead atoms. The normalized spacial score (nSPS) is 26.8. The molecule has 0 aromatic rings. The molecule has 1 saturated heterocycles. The lowest BCUT2D eigenvalue weighted by molar-refractivity contribution is 0.150. The highest BCUT2D eigenvalue weighted by molar-refractivity contribution is 4.79. The Balaban J connectivity index is 2.52. The summed E-state index contributed by atoms with van der Waals surface area (Å²) in [4.78, 5) is 4.91. The SMILES string of the molecule is CC(C)N1CCCN(C)C(CCO)C1. The van der Waals surface area contributed by atoms with Crippen molar-refractivity contribution in [3.8, 4) is 0 Å². The molecule has 1 fully saturated rings. The Labute approximate surface area is 87.7 Å². The molecule has 1 atom stereocenters. The summed E-state index contributed by atoms with van der Waals surface area (Å²) in [5.74, 6) is 0. The molecule has 0 aromatic carbocycles. The van der Waals surface area contributed by atoms with Crippen molar-refractivity contribution < 1.29 is 5.11 Å². The first-order valence-corrected chi connectivity index (χ1v) is 5.70. The lowest BCUT2D eigenvalue weighted by atomic mass is 10.1. The van der Waals surface area contributed by atoms with Gasteiger partial charge in [-0.1, -0.05) is 0 Å². The highest BCUT2D eigenvalue weighted by atomic mass is 16.3. The van der Waals surface area contributed by atoms with Gasteiger partial charge in [0, 0.05) is 25.2 Å². The molecule has 1 unspecified atom stereocenters. The van der Waals surface area contributed by atoms with Crippen LogP contribution in [-0.4, -0.2) is 60.3 Å². The molecular formula is C11H24N2O. The van der Waals surface area contributed by atoms with E-state index in [-0.39, 0.29) is 0 Å². The standard InChI is InChI=1S/C11H24N2O/c1-10(2)13-7-4-6-12(3)11(9-13)5-8-14/h10-11,14H,4-9H2,1-3H3. The van der Waals surface area contributed by atoms with E-state index >= 15 is 0 Å². The second-order valence-corrected chi connectivity index (χ2v) is 4.59. The fraction of sp³-hybridized carbons (Fsp3) is 1.00. The van der Waals surface area contributed by atoms with Gasteiger partial charge in [-0.25, -0.2) is 0 Å². The van der Waals surface area contributed by atoms with Gasteiger partial charge >= 0.3 is 0 Å². The van der Waals surface area contributed by atoms with Gasteiger partial charge in [-0.05, 0) is 46.8 Å². The first-order chi connectivity index (χ1) is 6.65. The van der Waals surface area contributed by atoms with Crippen LogP contribution < -0.4 is 0 Å². The third-order valence-corrected chi connectivity index (χ3v) is 3.22. The summed E-state index contributed by atoms with van der Waals surface area (Å²) in [6, 6.07) is 1.16. The minimum Gasteiger partial charge on any atom is -0.396 e. The number of aliphatic hydroxyl groups excluding tert-OH is 1. The van der Waals surface area contributed by atoms with Crippen LogP contribution in [-0.2, 0) is 0 Å². The van der Waals surface area contributed by atoms with Crippen LogP contribution in [0.15, 0.2) is 0 Å². The van der Waals surface area contributed by atoms with Gasteiger partial charge in [0.2, 0.25) is 0 Å². The summed E-state index contributed by atoms with van der Waals surface area (Å²) in [6.45, 7) is 8.27. The fourth-order valence-electron chi connectivity index (χ4n) is 2.14. The van der Waals surface area contributed by atoms with Gasteiger partial charge in [-0.15, -0.1) is 0 Å². The number of hydrogen-bond donors (Lipinski definition) is 1. The molecule has 1 aliphatic rings. The second kappa shape index (κ2) is 5.69. The first-order valence-electron chi connectivity index (χ1n) is 5.70. The van der Waals surface area contributed by atoms with E-state index in [4.69, 9.17) is 5.11 Å². The van der Waals surface area contributed by atoms with Crippen LogP contribution in [0.4, 0.5) is 0 Å². The molecule has 0 spiro atoms. The van der Waals surface area contributed by atoms with Gasteiger partial charge in [-0.3, -0.25) is 4.90 Å². The van der Waals surface area contributed by atoms with Crippen molar-refractivity contribution in [2.75, 3.05) is 33.3 Å². The molecule has 0 amide bonds. The number of aliphatic hydroxyl groups is 1. The fourth-order valence-corrected chi connectivity index (χ4v) is 2.14. The van der Waals surface area contributed by atoms with E-state index in [2.05, 4.69) is 30.7 Å². The van der Waals surface area contributed by atoms with E-state index in [1.54, 1.807) is 0 Å². The Hall–Kier alpha value is -0.120. The maximum Gasteiger partial charge on any atom is 0.0446 e. The zero-order valence-corrected chi connectivity index (χ0v) is 9.74. The molecule has 1 aliphatic heterocycles. The Morgan fingerprint density at radius 1 is 1.36 bits per heavy atom. The lowest BCUT2D eigenvalue weighted by Gasteiger charge is -2.30. The number of hydrogen-bond acceptors (Lipinski definition) is 3. The predicted octanol–water partition coefficient (Wildman–Crippen LogP) is 0.783. The summed E-state index contributed by atoms with van der Waals surface area (Å²) in [7, 11) is 2.17. The van der Waals surface area contributed by atoms with E-state index in [0.29, 0.717) is 18.7 Å². The van der Waals surface area contributed by atoms with Crippen LogP contribution in [0.2, 0.25) is 0 Å². The summed E-state index contributed by atoms with van der Waals surface area (Å²) >= 11 is 0. The zero-order valence-electron chi connectivity index (χ0n) is 9.74. The predicted molar refractivity (Wildman–Crippen MR) is 59.4 cm³/mol. The number of nitrogens with zero attached hydrogens (tertiary/aromatic N) is 2. The number of rotatable bonds is 3. The van der Waals surface area contributed by atoms with Crippen molar-refractivity contribution in [1.29, 1.82) is 0 Å². The smallest absolute Gasteiger partial charge is 0.0446 e. The lowest BCUT2D eigenvalue weighted by Crippen LogP contribution is -2.41. The maximum atomic E-state index is 9.01.